The average Bonchev–Trinajstić information content (AvgIpc) is 3.17. The molecule has 0 bridgehead atoms. The van der Waals surface area contributed by atoms with Gasteiger partial charge in [-0.3, -0.25) is 5.32 Å². The molecule has 2 amide bonds. The number of aromatic nitrogens is 4. The first-order valence-electron chi connectivity index (χ1n) is 11.4. The van der Waals surface area contributed by atoms with Gasteiger partial charge in [0.2, 0.25) is 5.95 Å². The summed E-state index contributed by atoms with van der Waals surface area (Å²) in [6.07, 6.45) is 1.64. The van der Waals surface area contributed by atoms with Gasteiger partial charge in [-0.25, -0.2) is 19.7 Å². The fraction of sp³-hybridized carbons (Fsp3) is 0.192. The smallest absolute Gasteiger partial charge is 0.320 e. The van der Waals surface area contributed by atoms with Crippen LogP contribution in [0.1, 0.15) is 26.7 Å². The van der Waals surface area contributed by atoms with Crippen molar-refractivity contribution < 1.29 is 9.21 Å². The predicted octanol–water partition coefficient (Wildman–Crippen LogP) is 7.11. The molecule has 3 N–H and O–H groups in total. The van der Waals surface area contributed by atoms with Crippen LogP contribution in [0.5, 0.6) is 0 Å². The van der Waals surface area contributed by atoms with Crippen LogP contribution in [0.15, 0.2) is 53.1 Å². The van der Waals surface area contributed by atoms with Crippen LogP contribution >= 0.6 is 23.2 Å². The molecule has 0 unspecified atom stereocenters. The largest absolute Gasteiger partial charge is 0.441 e. The van der Waals surface area contributed by atoms with Gasteiger partial charge >= 0.3 is 6.03 Å². The lowest BCUT2D eigenvalue weighted by molar-refractivity contribution is 0.243. The number of urea groups is 1. The summed E-state index contributed by atoms with van der Waals surface area (Å²) in [4.78, 5) is 30.7. The summed E-state index contributed by atoms with van der Waals surface area (Å²) >= 11 is 13.0. The summed E-state index contributed by atoms with van der Waals surface area (Å²) in [5.41, 5.74) is 3.15. The minimum Gasteiger partial charge on any atom is -0.441 e. The van der Waals surface area contributed by atoms with Gasteiger partial charge in [-0.2, -0.15) is 4.98 Å². The number of carbonyl (C=O) groups is 1. The lowest BCUT2D eigenvalue weighted by Crippen LogP contribution is -2.43. The van der Waals surface area contributed by atoms with Gasteiger partial charge in [0.25, 0.3) is 0 Å². The molecule has 0 saturated carbocycles. The van der Waals surface area contributed by atoms with Crippen molar-refractivity contribution in [2.24, 2.45) is 0 Å². The van der Waals surface area contributed by atoms with Crippen LogP contribution < -0.4 is 16.0 Å². The number of halogens is 2. The Morgan fingerprint density at radius 1 is 1.00 bits per heavy atom. The quantitative estimate of drug-likeness (QED) is 0.224. The molecule has 0 radical (unpaired) electrons. The fourth-order valence-corrected chi connectivity index (χ4v) is 4.39. The van der Waals surface area contributed by atoms with Gasteiger partial charge in [-0.15, -0.1) is 0 Å². The predicted molar refractivity (Wildman–Crippen MR) is 147 cm³/mol. The van der Waals surface area contributed by atoms with E-state index in [0.29, 0.717) is 49.6 Å². The summed E-state index contributed by atoms with van der Waals surface area (Å²) < 4.78 is 5.61. The molecular formula is C26H23Cl2N7O2. The second kappa shape index (κ2) is 9.49. The molecule has 0 fully saturated rings. The van der Waals surface area contributed by atoms with Gasteiger partial charge in [-0.05, 0) is 51.1 Å². The molecule has 37 heavy (non-hydrogen) atoms. The van der Waals surface area contributed by atoms with E-state index in [9.17, 15) is 4.79 Å². The van der Waals surface area contributed by atoms with Crippen molar-refractivity contribution in [3.05, 3.63) is 64.6 Å². The van der Waals surface area contributed by atoms with Crippen molar-refractivity contribution in [2.75, 3.05) is 10.6 Å². The van der Waals surface area contributed by atoms with Crippen LogP contribution in [0.2, 0.25) is 10.0 Å². The maximum absolute atomic E-state index is 12.7. The maximum atomic E-state index is 12.7. The number of anilines is 3. The molecule has 5 aromatic rings. The molecule has 0 saturated heterocycles. The topological polar surface area (TPSA) is 118 Å². The zero-order valence-corrected chi connectivity index (χ0v) is 22.0. The number of carbonyl (C=O) groups excluding carboxylic acids is 1. The van der Waals surface area contributed by atoms with E-state index in [0.717, 1.165) is 11.2 Å². The highest BCUT2D eigenvalue weighted by molar-refractivity contribution is 6.39. The Balaban J connectivity index is 1.56. The number of fused-ring (bicyclic) bond motifs is 2. The number of hydrogen-bond acceptors (Lipinski definition) is 7. The van der Waals surface area contributed by atoms with Crippen molar-refractivity contribution in [3.8, 4) is 11.1 Å². The third-order valence-corrected chi connectivity index (χ3v) is 5.90. The zero-order chi connectivity index (χ0) is 26.3. The van der Waals surface area contributed by atoms with Gasteiger partial charge < -0.3 is 15.1 Å². The molecule has 3 aromatic heterocycles. The molecule has 5 rings (SSSR count). The van der Waals surface area contributed by atoms with Crippen molar-refractivity contribution in [3.63, 3.8) is 0 Å². The first-order valence-corrected chi connectivity index (χ1v) is 12.2. The van der Waals surface area contributed by atoms with E-state index in [1.165, 1.54) is 0 Å². The van der Waals surface area contributed by atoms with Crippen molar-refractivity contribution >= 4 is 68.8 Å². The van der Waals surface area contributed by atoms with Crippen LogP contribution in [0, 0.1) is 6.92 Å². The van der Waals surface area contributed by atoms with Crippen LogP contribution in [-0.2, 0) is 0 Å². The van der Waals surface area contributed by atoms with Gasteiger partial charge in [0, 0.05) is 46.9 Å². The number of nitrogens with zero attached hydrogens (tertiary/aromatic N) is 4. The molecule has 3 heterocycles. The lowest BCUT2D eigenvalue weighted by Gasteiger charge is -2.21. The maximum Gasteiger partial charge on any atom is 0.320 e. The first kappa shape index (κ1) is 24.7. The molecule has 0 spiro atoms. The Hall–Kier alpha value is -3.95. The highest BCUT2D eigenvalue weighted by atomic mass is 35.5. The molecule has 188 valence electrons. The molecule has 0 atom stereocenters. The number of aryl methyl sites for hydroxylation is 1. The second-order valence-corrected chi connectivity index (χ2v) is 10.3. The number of rotatable bonds is 4. The fourth-order valence-electron chi connectivity index (χ4n) is 3.79. The Morgan fingerprint density at radius 3 is 2.49 bits per heavy atom. The summed E-state index contributed by atoms with van der Waals surface area (Å²) in [7, 11) is 0. The Bertz CT molecular complexity index is 1640. The number of oxazole rings is 1. The number of amides is 2. The van der Waals surface area contributed by atoms with Gasteiger partial charge in [0.1, 0.15) is 11.3 Å². The number of hydrogen-bond donors (Lipinski definition) is 3. The van der Waals surface area contributed by atoms with Gasteiger partial charge in [0.05, 0.1) is 10.0 Å². The third-order valence-electron chi connectivity index (χ3n) is 5.27. The van der Waals surface area contributed by atoms with Crippen molar-refractivity contribution in [1.82, 2.24) is 25.3 Å². The SMILES string of the molecule is Cc1nc2ccc(Nc3ncc4cc(-c5c(Cl)cccc5Cl)c(NC(=O)NC(C)(C)C)nc4n3)cc2o1. The highest BCUT2D eigenvalue weighted by Gasteiger charge is 2.20. The van der Waals surface area contributed by atoms with Crippen LogP contribution in [0.25, 0.3) is 33.3 Å². The number of nitrogens with one attached hydrogen (secondary N) is 3. The average molecular weight is 536 g/mol. The summed E-state index contributed by atoms with van der Waals surface area (Å²) in [5, 5.41) is 10.3. The van der Waals surface area contributed by atoms with E-state index in [1.807, 2.05) is 39.0 Å². The van der Waals surface area contributed by atoms with E-state index < -0.39 is 11.6 Å². The highest BCUT2D eigenvalue weighted by Crippen LogP contribution is 2.39. The van der Waals surface area contributed by atoms with Crippen LogP contribution in [-0.4, -0.2) is 31.5 Å². The zero-order valence-electron chi connectivity index (χ0n) is 20.5. The van der Waals surface area contributed by atoms with Crippen molar-refractivity contribution in [2.45, 2.75) is 33.2 Å². The second-order valence-electron chi connectivity index (χ2n) is 9.46. The molecule has 0 aliphatic rings. The Labute approximate surface area is 222 Å². The lowest BCUT2D eigenvalue weighted by atomic mass is 10.0. The molecular weight excluding hydrogens is 513 g/mol. The van der Waals surface area contributed by atoms with Gasteiger partial charge in [-0.1, -0.05) is 29.3 Å². The van der Waals surface area contributed by atoms with Crippen LogP contribution in [0.3, 0.4) is 0 Å². The summed E-state index contributed by atoms with van der Waals surface area (Å²) in [6.45, 7) is 7.45. The molecule has 0 aliphatic heterocycles. The Morgan fingerprint density at radius 2 is 1.76 bits per heavy atom. The molecule has 2 aromatic carbocycles. The monoisotopic (exact) mass is 535 g/mol. The third kappa shape index (κ3) is 5.42. The summed E-state index contributed by atoms with van der Waals surface area (Å²) in [5.74, 6) is 1.17. The first-order chi connectivity index (χ1) is 17.6. The van der Waals surface area contributed by atoms with Crippen LogP contribution in [0.4, 0.5) is 22.2 Å². The normalized spacial score (nSPS) is 11.6. The van der Waals surface area contributed by atoms with Gasteiger partial charge in [0.15, 0.2) is 17.1 Å². The van der Waals surface area contributed by atoms with E-state index >= 15 is 0 Å². The minimum atomic E-state index is -0.453. The Kier molecular flexibility index (Phi) is 6.35. The molecule has 11 heteroatoms. The van der Waals surface area contributed by atoms with E-state index in [1.54, 1.807) is 37.4 Å². The van der Waals surface area contributed by atoms with E-state index in [2.05, 4.69) is 35.9 Å². The van der Waals surface area contributed by atoms with E-state index in [-0.39, 0.29) is 5.82 Å². The van der Waals surface area contributed by atoms with Crippen molar-refractivity contribution in [1.29, 1.82) is 0 Å². The standard InChI is InChI=1S/C26H23Cl2N7O2/c1-13-30-19-9-8-15(11-20(19)37-13)31-24-29-12-14-10-16(21-17(27)6-5-7-18(21)28)23(32-22(14)33-24)34-25(36)35-26(2,3)4/h5-12H,1-4H3,(H3,29,31,32,33,34,35,36). The van der Waals surface area contributed by atoms with E-state index in [4.69, 9.17) is 27.6 Å². The molecule has 0 aliphatic carbocycles. The minimum absolute atomic E-state index is 0.257. The molecule has 9 nitrogen and oxygen atoms in total. The number of benzene rings is 2. The number of pyridine rings is 1. The summed E-state index contributed by atoms with van der Waals surface area (Å²) in [6, 6.07) is 12.1.